The standard InChI is InChI=1S/C11H17N3O3/c1-16-9-4-3-8(10(7-9)17-2)5-6-13-11(15)14-12/h3-4,7H,5-6,12H2,1-2H3,(H2,13,14,15). The highest BCUT2D eigenvalue weighted by Crippen LogP contribution is 2.24. The summed E-state index contributed by atoms with van der Waals surface area (Å²) < 4.78 is 10.3. The van der Waals surface area contributed by atoms with Crippen molar-refractivity contribution in [3.8, 4) is 11.5 Å². The molecule has 0 unspecified atom stereocenters. The second-order valence-corrected chi connectivity index (χ2v) is 3.33. The molecule has 1 rings (SSSR count). The van der Waals surface area contributed by atoms with Crippen LogP contribution in [-0.2, 0) is 6.42 Å². The summed E-state index contributed by atoms with van der Waals surface area (Å²) in [6, 6.07) is 5.15. The normalized spacial score (nSPS) is 9.59. The highest BCUT2D eigenvalue weighted by atomic mass is 16.5. The number of ether oxygens (including phenoxy) is 2. The number of rotatable bonds is 5. The van der Waals surface area contributed by atoms with E-state index in [0.717, 1.165) is 17.1 Å². The number of benzene rings is 1. The van der Waals surface area contributed by atoms with Gasteiger partial charge < -0.3 is 14.8 Å². The van der Waals surface area contributed by atoms with Gasteiger partial charge >= 0.3 is 6.03 Å². The van der Waals surface area contributed by atoms with Gasteiger partial charge in [-0.25, -0.2) is 10.6 Å². The number of hydrogen-bond donors (Lipinski definition) is 3. The highest BCUT2D eigenvalue weighted by molar-refractivity contribution is 5.73. The summed E-state index contributed by atoms with van der Waals surface area (Å²) in [6.07, 6.45) is 0.653. The molecule has 0 heterocycles. The van der Waals surface area contributed by atoms with E-state index in [4.69, 9.17) is 15.3 Å². The third kappa shape index (κ3) is 3.84. The summed E-state index contributed by atoms with van der Waals surface area (Å²) in [4.78, 5) is 10.9. The van der Waals surface area contributed by atoms with Gasteiger partial charge in [0.05, 0.1) is 14.2 Å². The molecular weight excluding hydrogens is 222 g/mol. The number of methoxy groups -OCH3 is 2. The molecule has 6 heteroatoms. The van der Waals surface area contributed by atoms with Gasteiger partial charge in [-0.1, -0.05) is 6.07 Å². The maximum Gasteiger partial charge on any atom is 0.328 e. The summed E-state index contributed by atoms with van der Waals surface area (Å²) in [5, 5.41) is 2.60. The molecule has 0 aliphatic rings. The van der Waals surface area contributed by atoms with E-state index in [2.05, 4.69) is 5.32 Å². The molecule has 0 saturated heterocycles. The Morgan fingerprint density at radius 2 is 2.12 bits per heavy atom. The molecule has 6 nitrogen and oxygen atoms in total. The monoisotopic (exact) mass is 239 g/mol. The summed E-state index contributed by atoms with van der Waals surface area (Å²) in [5.74, 6) is 6.41. The van der Waals surface area contributed by atoms with Crippen molar-refractivity contribution >= 4 is 6.03 Å². The van der Waals surface area contributed by atoms with Gasteiger partial charge in [-0.2, -0.15) is 0 Å². The molecule has 0 aromatic heterocycles. The van der Waals surface area contributed by atoms with Crippen LogP contribution < -0.4 is 26.1 Å². The number of amides is 2. The Balaban J connectivity index is 2.61. The lowest BCUT2D eigenvalue weighted by molar-refractivity contribution is 0.241. The predicted molar refractivity (Wildman–Crippen MR) is 64.0 cm³/mol. The maximum atomic E-state index is 10.9. The number of hydrogen-bond acceptors (Lipinski definition) is 4. The zero-order valence-corrected chi connectivity index (χ0v) is 9.95. The average Bonchev–Trinajstić information content (AvgIpc) is 2.38. The van der Waals surface area contributed by atoms with E-state index in [0.29, 0.717) is 13.0 Å². The third-order valence-electron chi connectivity index (χ3n) is 2.31. The fourth-order valence-corrected chi connectivity index (χ4v) is 1.42. The Hall–Kier alpha value is -1.95. The minimum Gasteiger partial charge on any atom is -0.497 e. The first-order chi connectivity index (χ1) is 8.21. The van der Waals surface area contributed by atoms with Crippen LogP contribution in [0.1, 0.15) is 5.56 Å². The first-order valence-electron chi connectivity index (χ1n) is 5.16. The van der Waals surface area contributed by atoms with Crippen LogP contribution in [-0.4, -0.2) is 26.8 Å². The molecule has 0 aliphatic heterocycles. The van der Waals surface area contributed by atoms with Gasteiger partial charge in [-0.05, 0) is 18.1 Å². The first kappa shape index (κ1) is 13.1. The Morgan fingerprint density at radius 1 is 1.35 bits per heavy atom. The van der Waals surface area contributed by atoms with Crippen LogP contribution in [0.25, 0.3) is 0 Å². The maximum absolute atomic E-state index is 10.9. The lowest BCUT2D eigenvalue weighted by atomic mass is 10.1. The molecule has 0 bridgehead atoms. The molecule has 0 atom stereocenters. The fraction of sp³-hybridized carbons (Fsp3) is 0.364. The number of carbonyl (C=O) groups excluding carboxylic acids is 1. The van der Waals surface area contributed by atoms with Crippen LogP contribution in [0.4, 0.5) is 4.79 Å². The van der Waals surface area contributed by atoms with Crippen LogP contribution in [0.3, 0.4) is 0 Å². The van der Waals surface area contributed by atoms with Crippen molar-refractivity contribution in [2.24, 2.45) is 5.84 Å². The summed E-state index contributed by atoms with van der Waals surface area (Å²) in [6.45, 7) is 0.478. The number of urea groups is 1. The van der Waals surface area contributed by atoms with E-state index < -0.39 is 6.03 Å². The second-order valence-electron chi connectivity index (χ2n) is 3.33. The Morgan fingerprint density at radius 3 is 2.71 bits per heavy atom. The SMILES string of the molecule is COc1ccc(CCNC(=O)NN)c(OC)c1. The van der Waals surface area contributed by atoms with Crippen LogP contribution in [0, 0.1) is 0 Å². The van der Waals surface area contributed by atoms with Crippen LogP contribution in [0.2, 0.25) is 0 Å². The average molecular weight is 239 g/mol. The van der Waals surface area contributed by atoms with Crippen molar-refractivity contribution in [2.75, 3.05) is 20.8 Å². The number of nitrogens with two attached hydrogens (primary N) is 1. The lowest BCUT2D eigenvalue weighted by Gasteiger charge is -2.10. The molecule has 0 saturated carbocycles. The fourth-order valence-electron chi connectivity index (χ4n) is 1.42. The van der Waals surface area contributed by atoms with Crippen molar-refractivity contribution in [3.05, 3.63) is 23.8 Å². The summed E-state index contributed by atoms with van der Waals surface area (Å²) in [7, 11) is 3.19. The van der Waals surface area contributed by atoms with Gasteiger partial charge in [0.1, 0.15) is 11.5 Å². The third-order valence-corrected chi connectivity index (χ3v) is 2.31. The van der Waals surface area contributed by atoms with E-state index in [1.54, 1.807) is 20.3 Å². The van der Waals surface area contributed by atoms with Crippen molar-refractivity contribution < 1.29 is 14.3 Å². The number of hydrazine groups is 1. The Bertz CT molecular complexity index is 382. The Kier molecular flexibility index (Phi) is 5.09. The highest BCUT2D eigenvalue weighted by Gasteiger charge is 2.05. The van der Waals surface area contributed by atoms with Crippen LogP contribution in [0.5, 0.6) is 11.5 Å². The van der Waals surface area contributed by atoms with Crippen LogP contribution >= 0.6 is 0 Å². The molecule has 0 spiro atoms. The predicted octanol–water partition coefficient (Wildman–Crippen LogP) is 0.419. The number of carbonyl (C=O) groups is 1. The van der Waals surface area contributed by atoms with Crippen molar-refractivity contribution in [1.82, 2.24) is 10.7 Å². The smallest absolute Gasteiger partial charge is 0.328 e. The van der Waals surface area contributed by atoms with Gasteiger partial charge in [0.2, 0.25) is 0 Å². The summed E-state index contributed by atoms with van der Waals surface area (Å²) >= 11 is 0. The minimum absolute atomic E-state index is 0.405. The van der Waals surface area contributed by atoms with Crippen LogP contribution in [0.15, 0.2) is 18.2 Å². The molecular formula is C11H17N3O3. The minimum atomic E-state index is -0.405. The zero-order chi connectivity index (χ0) is 12.7. The van der Waals surface area contributed by atoms with Gasteiger partial charge in [-0.15, -0.1) is 0 Å². The molecule has 1 aromatic carbocycles. The molecule has 1 aromatic rings. The largest absolute Gasteiger partial charge is 0.497 e. The molecule has 17 heavy (non-hydrogen) atoms. The zero-order valence-electron chi connectivity index (χ0n) is 9.95. The van der Waals surface area contributed by atoms with E-state index in [1.807, 2.05) is 17.6 Å². The molecule has 2 amide bonds. The quantitative estimate of drug-likeness (QED) is 0.395. The van der Waals surface area contributed by atoms with E-state index in [9.17, 15) is 4.79 Å². The molecule has 0 fully saturated rings. The molecule has 0 radical (unpaired) electrons. The first-order valence-corrected chi connectivity index (χ1v) is 5.16. The van der Waals surface area contributed by atoms with Crippen molar-refractivity contribution in [1.29, 1.82) is 0 Å². The van der Waals surface area contributed by atoms with Crippen molar-refractivity contribution in [3.63, 3.8) is 0 Å². The lowest BCUT2D eigenvalue weighted by Crippen LogP contribution is -2.40. The number of nitrogens with one attached hydrogen (secondary N) is 2. The van der Waals surface area contributed by atoms with E-state index in [1.165, 1.54) is 0 Å². The van der Waals surface area contributed by atoms with E-state index in [-0.39, 0.29) is 0 Å². The molecule has 0 aliphatic carbocycles. The Labute approximate surface area is 100 Å². The second kappa shape index (κ2) is 6.59. The van der Waals surface area contributed by atoms with Gasteiger partial charge in [-0.3, -0.25) is 5.43 Å². The molecule has 94 valence electrons. The van der Waals surface area contributed by atoms with Crippen molar-refractivity contribution in [2.45, 2.75) is 6.42 Å². The van der Waals surface area contributed by atoms with Gasteiger partial charge in [0.15, 0.2) is 0 Å². The van der Waals surface area contributed by atoms with Gasteiger partial charge in [0, 0.05) is 12.6 Å². The topological polar surface area (TPSA) is 85.6 Å². The summed E-state index contributed by atoms with van der Waals surface area (Å²) in [5.41, 5.74) is 2.99. The van der Waals surface area contributed by atoms with Gasteiger partial charge in [0.25, 0.3) is 0 Å². The molecule has 4 N–H and O–H groups in total. The van der Waals surface area contributed by atoms with E-state index >= 15 is 0 Å².